The fraction of sp³-hybridized carbons (Fsp3) is 0.333. The van der Waals surface area contributed by atoms with Crippen molar-refractivity contribution in [3.05, 3.63) is 47.1 Å². The maximum atomic E-state index is 2.20. The highest BCUT2D eigenvalue weighted by atomic mass is 14.1. The monoisotopic (exact) mass is 160 g/mol. The summed E-state index contributed by atoms with van der Waals surface area (Å²) in [6.45, 7) is 6.28. The molecule has 0 unspecified atom stereocenters. The van der Waals surface area contributed by atoms with Crippen LogP contribution in [0, 0.1) is 0 Å². The van der Waals surface area contributed by atoms with Crippen LogP contribution in [-0.4, -0.2) is 0 Å². The van der Waals surface area contributed by atoms with E-state index in [0.29, 0.717) is 0 Å². The highest BCUT2D eigenvalue weighted by Crippen LogP contribution is 2.26. The third-order valence-corrected chi connectivity index (χ3v) is 2.27. The van der Waals surface area contributed by atoms with Crippen molar-refractivity contribution in [2.24, 2.45) is 0 Å². The molecule has 0 fully saturated rings. The van der Waals surface area contributed by atoms with Crippen LogP contribution < -0.4 is 0 Å². The Morgan fingerprint density at radius 3 is 2.25 bits per heavy atom. The summed E-state index contributed by atoms with van der Waals surface area (Å²) in [5, 5.41) is 0. The standard InChI is InChI=1S/C12H16/c1-4-10-7-8-11(5-2)12(6-3)9-10/h4-8H,9H2,1-3H3. The lowest BCUT2D eigenvalue weighted by molar-refractivity contribution is 1.13. The van der Waals surface area contributed by atoms with Crippen molar-refractivity contribution < 1.29 is 0 Å². The number of hydrogen-bond acceptors (Lipinski definition) is 0. The lowest BCUT2D eigenvalue weighted by Gasteiger charge is -2.14. The van der Waals surface area contributed by atoms with Gasteiger partial charge in [0, 0.05) is 0 Å². The lowest BCUT2D eigenvalue weighted by atomic mass is 9.91. The highest BCUT2D eigenvalue weighted by Gasteiger charge is 2.06. The molecule has 64 valence electrons. The van der Waals surface area contributed by atoms with E-state index in [2.05, 4.69) is 51.2 Å². The smallest absolute Gasteiger partial charge is 0.00265 e. The van der Waals surface area contributed by atoms with Crippen LogP contribution in [0.1, 0.15) is 27.2 Å². The van der Waals surface area contributed by atoms with Crippen molar-refractivity contribution in [1.29, 1.82) is 0 Å². The van der Waals surface area contributed by atoms with Crippen LogP contribution in [0.15, 0.2) is 47.1 Å². The van der Waals surface area contributed by atoms with Gasteiger partial charge in [0.2, 0.25) is 0 Å². The van der Waals surface area contributed by atoms with Gasteiger partial charge in [0.15, 0.2) is 0 Å². The average Bonchev–Trinajstić information content (AvgIpc) is 2.16. The van der Waals surface area contributed by atoms with Gasteiger partial charge in [0.05, 0.1) is 0 Å². The minimum absolute atomic E-state index is 1.09. The number of rotatable bonds is 0. The normalized spacial score (nSPS) is 27.4. The molecule has 0 aromatic rings. The third-order valence-electron chi connectivity index (χ3n) is 2.27. The topological polar surface area (TPSA) is 0 Å². The maximum Gasteiger partial charge on any atom is -0.00265 e. The molecule has 0 spiro atoms. The summed E-state index contributed by atoms with van der Waals surface area (Å²) in [4.78, 5) is 0. The van der Waals surface area contributed by atoms with E-state index in [-0.39, 0.29) is 0 Å². The van der Waals surface area contributed by atoms with Gasteiger partial charge in [-0.3, -0.25) is 0 Å². The van der Waals surface area contributed by atoms with Crippen molar-refractivity contribution in [3.8, 4) is 0 Å². The fourth-order valence-corrected chi connectivity index (χ4v) is 1.43. The Labute approximate surface area is 75.0 Å². The molecular weight excluding hydrogens is 144 g/mol. The number of hydrogen-bond donors (Lipinski definition) is 0. The van der Waals surface area contributed by atoms with Crippen LogP contribution in [0.5, 0.6) is 0 Å². The van der Waals surface area contributed by atoms with Gasteiger partial charge in [0.25, 0.3) is 0 Å². The summed E-state index contributed by atoms with van der Waals surface area (Å²) < 4.78 is 0. The fourth-order valence-electron chi connectivity index (χ4n) is 1.43. The first kappa shape index (κ1) is 9.05. The Bertz CT molecular complexity index is 272. The van der Waals surface area contributed by atoms with Crippen LogP contribution in [0.4, 0.5) is 0 Å². The molecule has 1 aliphatic carbocycles. The first-order chi connectivity index (χ1) is 5.81. The molecule has 0 N–H and O–H groups in total. The first-order valence-corrected chi connectivity index (χ1v) is 4.47. The van der Waals surface area contributed by atoms with Crippen molar-refractivity contribution >= 4 is 0 Å². The minimum Gasteiger partial charge on any atom is -0.0841 e. The molecule has 1 aliphatic rings. The Balaban J connectivity index is 3.00. The largest absolute Gasteiger partial charge is 0.0841 e. The van der Waals surface area contributed by atoms with E-state index in [0.717, 1.165) is 6.42 Å². The Hall–Kier alpha value is -1.04. The molecule has 0 aliphatic heterocycles. The van der Waals surface area contributed by atoms with Crippen molar-refractivity contribution in [3.63, 3.8) is 0 Å². The molecule has 0 saturated carbocycles. The SMILES string of the molecule is CC=C1C=CC(=CC)C(=CC)C1. The molecule has 0 aromatic heterocycles. The van der Waals surface area contributed by atoms with Crippen molar-refractivity contribution in [1.82, 2.24) is 0 Å². The summed E-state index contributed by atoms with van der Waals surface area (Å²) in [6.07, 6.45) is 12.0. The summed E-state index contributed by atoms with van der Waals surface area (Å²) >= 11 is 0. The summed E-state index contributed by atoms with van der Waals surface area (Å²) in [5.41, 5.74) is 4.21. The van der Waals surface area contributed by atoms with Gasteiger partial charge in [0.1, 0.15) is 0 Å². The lowest BCUT2D eigenvalue weighted by Crippen LogP contribution is -1.94. The maximum absolute atomic E-state index is 2.20. The molecule has 0 radical (unpaired) electrons. The molecule has 0 nitrogen and oxygen atoms in total. The predicted octanol–water partition coefficient (Wildman–Crippen LogP) is 3.79. The van der Waals surface area contributed by atoms with Crippen LogP contribution in [-0.2, 0) is 0 Å². The zero-order valence-corrected chi connectivity index (χ0v) is 8.09. The van der Waals surface area contributed by atoms with Gasteiger partial charge in [-0.25, -0.2) is 0 Å². The predicted molar refractivity (Wildman–Crippen MR) is 55.0 cm³/mol. The molecule has 0 heterocycles. The number of allylic oxidation sites excluding steroid dienone is 8. The summed E-state index contributed by atoms with van der Waals surface area (Å²) in [5.74, 6) is 0. The Morgan fingerprint density at radius 1 is 1.00 bits per heavy atom. The zero-order valence-electron chi connectivity index (χ0n) is 8.09. The van der Waals surface area contributed by atoms with Crippen LogP contribution in [0.3, 0.4) is 0 Å². The quantitative estimate of drug-likeness (QED) is 0.506. The molecule has 0 aromatic carbocycles. The first-order valence-electron chi connectivity index (χ1n) is 4.47. The second kappa shape index (κ2) is 4.10. The van der Waals surface area contributed by atoms with Gasteiger partial charge in [-0.1, -0.05) is 30.4 Å². The molecule has 0 bridgehead atoms. The van der Waals surface area contributed by atoms with Crippen LogP contribution >= 0.6 is 0 Å². The van der Waals surface area contributed by atoms with E-state index >= 15 is 0 Å². The van der Waals surface area contributed by atoms with E-state index in [1.165, 1.54) is 16.7 Å². The van der Waals surface area contributed by atoms with Gasteiger partial charge in [-0.15, -0.1) is 0 Å². The zero-order chi connectivity index (χ0) is 8.97. The molecule has 12 heavy (non-hydrogen) atoms. The summed E-state index contributed by atoms with van der Waals surface area (Å²) in [7, 11) is 0. The van der Waals surface area contributed by atoms with Crippen LogP contribution in [0.25, 0.3) is 0 Å². The Kier molecular flexibility index (Phi) is 3.09. The molecule has 0 heteroatoms. The molecule has 1 rings (SSSR count). The highest BCUT2D eigenvalue weighted by molar-refractivity contribution is 5.49. The van der Waals surface area contributed by atoms with E-state index in [4.69, 9.17) is 0 Å². The Morgan fingerprint density at radius 2 is 1.75 bits per heavy atom. The second-order valence-corrected chi connectivity index (χ2v) is 2.93. The minimum atomic E-state index is 1.09. The van der Waals surface area contributed by atoms with E-state index < -0.39 is 0 Å². The van der Waals surface area contributed by atoms with Gasteiger partial charge in [-0.2, -0.15) is 0 Å². The molecule has 0 amide bonds. The summed E-state index contributed by atoms with van der Waals surface area (Å²) in [6, 6.07) is 0. The van der Waals surface area contributed by atoms with E-state index in [1.807, 2.05) is 0 Å². The van der Waals surface area contributed by atoms with Gasteiger partial charge >= 0.3 is 0 Å². The van der Waals surface area contributed by atoms with Gasteiger partial charge in [-0.05, 0) is 43.9 Å². The van der Waals surface area contributed by atoms with Crippen molar-refractivity contribution in [2.75, 3.05) is 0 Å². The van der Waals surface area contributed by atoms with E-state index in [9.17, 15) is 0 Å². The third kappa shape index (κ3) is 1.76. The van der Waals surface area contributed by atoms with E-state index in [1.54, 1.807) is 0 Å². The average molecular weight is 160 g/mol. The molecule has 0 saturated heterocycles. The molecular formula is C12H16. The van der Waals surface area contributed by atoms with Crippen LogP contribution in [0.2, 0.25) is 0 Å². The molecule has 0 atom stereocenters. The van der Waals surface area contributed by atoms with Gasteiger partial charge < -0.3 is 0 Å². The second-order valence-electron chi connectivity index (χ2n) is 2.93. The van der Waals surface area contributed by atoms with Crippen molar-refractivity contribution in [2.45, 2.75) is 27.2 Å².